The van der Waals surface area contributed by atoms with Gasteiger partial charge in [-0.15, -0.1) is 0 Å². The van der Waals surface area contributed by atoms with Crippen LogP contribution >= 0.6 is 0 Å². The lowest BCUT2D eigenvalue weighted by Crippen LogP contribution is -2.12. The van der Waals surface area contributed by atoms with Crippen LogP contribution in [0.5, 0.6) is 0 Å². The highest BCUT2D eigenvalue weighted by Crippen LogP contribution is 2.30. The number of rotatable bonds is 1. The Morgan fingerprint density at radius 2 is 2.21 bits per heavy atom. The van der Waals surface area contributed by atoms with E-state index in [-0.39, 0.29) is 0 Å². The topological polar surface area (TPSA) is 43.8 Å². The van der Waals surface area contributed by atoms with Crippen LogP contribution in [0.1, 0.15) is 45.1 Å². The average molecular weight is 193 g/mol. The molecule has 1 aliphatic rings. The van der Waals surface area contributed by atoms with E-state index in [0.717, 1.165) is 11.7 Å². The Hall–Kier alpha value is -0.990. The first-order valence-corrected chi connectivity index (χ1v) is 5.56. The summed E-state index contributed by atoms with van der Waals surface area (Å²) >= 11 is 0. The smallest absolute Gasteiger partial charge is 0.121 e. The molecule has 1 aromatic rings. The van der Waals surface area contributed by atoms with Gasteiger partial charge in [0.05, 0.1) is 12.2 Å². The maximum Gasteiger partial charge on any atom is 0.121 e. The molecule has 2 unspecified atom stereocenters. The van der Waals surface area contributed by atoms with Crippen LogP contribution in [-0.4, -0.2) is 9.78 Å². The van der Waals surface area contributed by atoms with Crippen molar-refractivity contribution in [1.82, 2.24) is 9.78 Å². The van der Waals surface area contributed by atoms with Crippen molar-refractivity contribution in [2.24, 2.45) is 5.92 Å². The molecular weight excluding hydrogens is 174 g/mol. The van der Waals surface area contributed by atoms with Gasteiger partial charge in [0.15, 0.2) is 0 Å². The van der Waals surface area contributed by atoms with Crippen molar-refractivity contribution in [1.29, 1.82) is 0 Å². The predicted octanol–water partition coefficient (Wildman–Crippen LogP) is 2.61. The van der Waals surface area contributed by atoms with Gasteiger partial charge < -0.3 is 5.73 Å². The van der Waals surface area contributed by atoms with E-state index in [1.165, 1.54) is 32.1 Å². The van der Waals surface area contributed by atoms with Crippen LogP contribution in [0.2, 0.25) is 0 Å². The number of hydrogen-bond acceptors (Lipinski definition) is 2. The molecule has 2 atom stereocenters. The van der Waals surface area contributed by atoms with E-state index in [0.29, 0.717) is 6.04 Å². The van der Waals surface area contributed by atoms with Gasteiger partial charge >= 0.3 is 0 Å². The number of hydrogen-bond donors (Lipinski definition) is 1. The monoisotopic (exact) mass is 193 g/mol. The van der Waals surface area contributed by atoms with Crippen molar-refractivity contribution in [3.8, 4) is 0 Å². The quantitative estimate of drug-likeness (QED) is 0.697. The molecule has 3 heteroatoms. The first kappa shape index (κ1) is 9.56. The molecule has 1 aromatic heterocycles. The second-order valence-electron chi connectivity index (χ2n) is 4.47. The molecule has 2 N–H and O–H groups in total. The van der Waals surface area contributed by atoms with Gasteiger partial charge in [-0.05, 0) is 31.2 Å². The van der Waals surface area contributed by atoms with Gasteiger partial charge in [0, 0.05) is 0 Å². The van der Waals surface area contributed by atoms with Gasteiger partial charge in [0.1, 0.15) is 5.82 Å². The van der Waals surface area contributed by atoms with Crippen LogP contribution in [0.3, 0.4) is 0 Å². The summed E-state index contributed by atoms with van der Waals surface area (Å²) in [5.41, 5.74) is 5.86. The molecule has 1 aliphatic carbocycles. The highest BCUT2D eigenvalue weighted by Gasteiger charge is 2.18. The second kappa shape index (κ2) is 4.03. The van der Waals surface area contributed by atoms with E-state index < -0.39 is 0 Å². The number of aromatic nitrogens is 2. The first-order valence-electron chi connectivity index (χ1n) is 5.56. The lowest BCUT2D eigenvalue weighted by atomic mass is 10.0. The number of anilines is 1. The van der Waals surface area contributed by atoms with Crippen molar-refractivity contribution in [2.75, 3.05) is 5.73 Å². The molecule has 0 amide bonds. The number of nitrogen functional groups attached to an aromatic ring is 1. The highest BCUT2D eigenvalue weighted by molar-refractivity contribution is 5.26. The fourth-order valence-corrected chi connectivity index (χ4v) is 2.34. The van der Waals surface area contributed by atoms with Gasteiger partial charge in [-0.1, -0.05) is 19.8 Å². The lowest BCUT2D eigenvalue weighted by molar-refractivity contribution is 0.403. The fourth-order valence-electron chi connectivity index (χ4n) is 2.34. The van der Waals surface area contributed by atoms with Crippen LogP contribution in [-0.2, 0) is 0 Å². The summed E-state index contributed by atoms with van der Waals surface area (Å²) in [6.07, 6.45) is 8.24. The van der Waals surface area contributed by atoms with E-state index in [1.54, 1.807) is 6.20 Å². The van der Waals surface area contributed by atoms with E-state index in [1.807, 2.05) is 10.7 Å². The molecule has 3 nitrogen and oxygen atoms in total. The van der Waals surface area contributed by atoms with E-state index in [4.69, 9.17) is 5.73 Å². The standard InChI is InChI=1S/C11H19N3/c1-9-3-2-4-10(6-5-9)14-11(12)7-8-13-14/h7-10H,2-6,12H2,1H3. The minimum absolute atomic E-state index is 0.537. The van der Waals surface area contributed by atoms with Crippen molar-refractivity contribution >= 4 is 5.82 Å². The maximum atomic E-state index is 5.86. The van der Waals surface area contributed by atoms with Gasteiger partial charge in [-0.2, -0.15) is 5.10 Å². The molecule has 0 saturated heterocycles. The molecule has 78 valence electrons. The van der Waals surface area contributed by atoms with E-state index >= 15 is 0 Å². The minimum Gasteiger partial charge on any atom is -0.384 e. The zero-order chi connectivity index (χ0) is 9.97. The normalized spacial score (nSPS) is 28.6. The summed E-state index contributed by atoms with van der Waals surface area (Å²) in [4.78, 5) is 0. The van der Waals surface area contributed by atoms with E-state index in [9.17, 15) is 0 Å². The van der Waals surface area contributed by atoms with Crippen molar-refractivity contribution in [2.45, 2.75) is 45.1 Å². The molecule has 0 aromatic carbocycles. The molecular formula is C11H19N3. The van der Waals surface area contributed by atoms with Crippen LogP contribution in [0.4, 0.5) is 5.82 Å². The lowest BCUT2D eigenvalue weighted by Gasteiger charge is -2.16. The molecule has 1 fully saturated rings. The summed E-state index contributed by atoms with van der Waals surface area (Å²) in [6.45, 7) is 2.34. The molecule has 0 aliphatic heterocycles. The van der Waals surface area contributed by atoms with E-state index in [2.05, 4.69) is 12.0 Å². The zero-order valence-corrected chi connectivity index (χ0v) is 8.82. The van der Waals surface area contributed by atoms with Gasteiger partial charge in [0.2, 0.25) is 0 Å². The summed E-state index contributed by atoms with van der Waals surface area (Å²) in [5, 5.41) is 4.30. The van der Waals surface area contributed by atoms with Gasteiger partial charge in [-0.25, -0.2) is 4.68 Å². The Labute approximate surface area is 85.3 Å². The fraction of sp³-hybridized carbons (Fsp3) is 0.727. The molecule has 1 saturated carbocycles. The van der Waals surface area contributed by atoms with Crippen molar-refractivity contribution < 1.29 is 0 Å². The van der Waals surface area contributed by atoms with Crippen LogP contribution in [0.25, 0.3) is 0 Å². The Morgan fingerprint density at radius 3 is 2.93 bits per heavy atom. The largest absolute Gasteiger partial charge is 0.384 e. The third-order valence-corrected chi connectivity index (χ3v) is 3.27. The summed E-state index contributed by atoms with van der Waals surface area (Å²) in [5.74, 6) is 1.68. The average Bonchev–Trinajstić information content (AvgIpc) is 2.46. The number of nitrogens with two attached hydrogens (primary N) is 1. The van der Waals surface area contributed by atoms with Crippen molar-refractivity contribution in [3.05, 3.63) is 12.3 Å². The minimum atomic E-state index is 0.537. The third-order valence-electron chi connectivity index (χ3n) is 3.27. The first-order chi connectivity index (χ1) is 6.77. The van der Waals surface area contributed by atoms with Gasteiger partial charge in [-0.3, -0.25) is 0 Å². The molecule has 1 heterocycles. The van der Waals surface area contributed by atoms with Crippen LogP contribution in [0.15, 0.2) is 12.3 Å². The number of nitrogens with zero attached hydrogens (tertiary/aromatic N) is 2. The molecule has 0 spiro atoms. The zero-order valence-electron chi connectivity index (χ0n) is 8.82. The maximum absolute atomic E-state index is 5.86. The summed E-state index contributed by atoms with van der Waals surface area (Å²) in [6, 6.07) is 2.42. The molecule has 14 heavy (non-hydrogen) atoms. The Bertz CT molecular complexity index is 292. The molecule has 2 rings (SSSR count). The second-order valence-corrected chi connectivity index (χ2v) is 4.47. The Balaban J connectivity index is 2.08. The third kappa shape index (κ3) is 1.91. The van der Waals surface area contributed by atoms with Gasteiger partial charge in [0.25, 0.3) is 0 Å². The SMILES string of the molecule is CC1CCCC(n2nccc2N)CC1. The molecule has 0 radical (unpaired) electrons. The predicted molar refractivity (Wildman–Crippen MR) is 57.9 cm³/mol. The highest BCUT2D eigenvalue weighted by atomic mass is 15.3. The Kier molecular flexibility index (Phi) is 2.75. The van der Waals surface area contributed by atoms with Crippen LogP contribution < -0.4 is 5.73 Å². The summed E-state index contributed by atoms with van der Waals surface area (Å²) < 4.78 is 2.00. The van der Waals surface area contributed by atoms with Crippen molar-refractivity contribution in [3.63, 3.8) is 0 Å². The van der Waals surface area contributed by atoms with Crippen LogP contribution in [0, 0.1) is 5.92 Å². The molecule has 0 bridgehead atoms. The summed E-state index contributed by atoms with van der Waals surface area (Å²) in [7, 11) is 0. The Morgan fingerprint density at radius 1 is 1.36 bits per heavy atom.